The summed E-state index contributed by atoms with van der Waals surface area (Å²) in [5.74, 6) is 0.237. The summed E-state index contributed by atoms with van der Waals surface area (Å²) in [4.78, 5) is 8.44. The van der Waals surface area contributed by atoms with Gasteiger partial charge in [0.1, 0.15) is 11.4 Å². The van der Waals surface area contributed by atoms with Gasteiger partial charge < -0.3 is 20.3 Å². The number of imidazole rings is 1. The highest BCUT2D eigenvalue weighted by atomic mass is 32.1. The Morgan fingerprint density at radius 3 is 2.86 bits per heavy atom. The van der Waals surface area contributed by atoms with Crippen molar-refractivity contribution in [2.45, 2.75) is 26.0 Å². The largest absolute Gasteiger partial charge is 0.384 e. The number of aliphatic hydroxyl groups is 1. The molecule has 0 bridgehead atoms. The van der Waals surface area contributed by atoms with Crippen LogP contribution in [0.25, 0.3) is 5.69 Å². The molecule has 28 heavy (non-hydrogen) atoms. The molecule has 0 spiro atoms. The lowest BCUT2D eigenvalue weighted by atomic mass is 9.99. The fourth-order valence-corrected chi connectivity index (χ4v) is 3.48. The number of benzene rings is 1. The third-order valence-electron chi connectivity index (χ3n) is 4.30. The summed E-state index contributed by atoms with van der Waals surface area (Å²) in [5.41, 5.74) is 1.05. The predicted octanol–water partition coefficient (Wildman–Crippen LogP) is 3.04. The van der Waals surface area contributed by atoms with Gasteiger partial charge in [0.25, 0.3) is 0 Å². The van der Waals surface area contributed by atoms with E-state index in [9.17, 15) is 9.50 Å². The van der Waals surface area contributed by atoms with Crippen LogP contribution in [0.15, 0.2) is 58.7 Å². The van der Waals surface area contributed by atoms with E-state index in [0.29, 0.717) is 31.3 Å². The molecule has 0 saturated carbocycles. The van der Waals surface area contributed by atoms with E-state index in [4.69, 9.17) is 0 Å². The van der Waals surface area contributed by atoms with Gasteiger partial charge in [-0.3, -0.25) is 0 Å². The molecule has 1 aromatic carbocycles. The second-order valence-electron chi connectivity index (χ2n) is 6.59. The summed E-state index contributed by atoms with van der Waals surface area (Å²) in [7, 11) is 0. The fraction of sp³-hybridized carbons (Fsp3) is 0.300. The van der Waals surface area contributed by atoms with Crippen LogP contribution in [0, 0.1) is 5.82 Å². The fourth-order valence-electron chi connectivity index (χ4n) is 2.70. The minimum absolute atomic E-state index is 0.309. The van der Waals surface area contributed by atoms with Crippen LogP contribution in [-0.2, 0) is 12.1 Å². The Labute approximate surface area is 167 Å². The molecule has 3 rings (SSSR count). The third kappa shape index (κ3) is 4.96. The molecule has 0 aliphatic heterocycles. The maximum absolute atomic E-state index is 14.4. The van der Waals surface area contributed by atoms with Crippen molar-refractivity contribution < 1.29 is 9.50 Å². The zero-order valence-corrected chi connectivity index (χ0v) is 16.7. The predicted molar refractivity (Wildman–Crippen MR) is 110 cm³/mol. The summed E-state index contributed by atoms with van der Waals surface area (Å²) in [6.07, 6.45) is 4.86. The minimum atomic E-state index is -1.01. The molecule has 2 heterocycles. The van der Waals surface area contributed by atoms with Crippen LogP contribution in [0.4, 0.5) is 4.39 Å². The van der Waals surface area contributed by atoms with Gasteiger partial charge in [0, 0.05) is 18.9 Å². The number of nitrogens with one attached hydrogen (secondary N) is 2. The van der Waals surface area contributed by atoms with E-state index in [-0.39, 0.29) is 5.82 Å². The van der Waals surface area contributed by atoms with Crippen LogP contribution in [0.3, 0.4) is 0 Å². The number of hydrogen-bond acceptors (Lipinski definition) is 4. The van der Waals surface area contributed by atoms with Crippen LogP contribution >= 0.6 is 11.3 Å². The number of aromatic nitrogens is 2. The summed E-state index contributed by atoms with van der Waals surface area (Å²) in [5, 5.41) is 20.8. The van der Waals surface area contributed by atoms with Gasteiger partial charge in [0.2, 0.25) is 0 Å². The van der Waals surface area contributed by atoms with Crippen LogP contribution in [0.5, 0.6) is 0 Å². The molecule has 0 amide bonds. The highest BCUT2D eigenvalue weighted by Gasteiger charge is 2.23. The van der Waals surface area contributed by atoms with Crippen molar-refractivity contribution in [3.8, 4) is 5.69 Å². The van der Waals surface area contributed by atoms with Gasteiger partial charge in [0.15, 0.2) is 5.96 Å². The standard InChI is InChI=1S/C20H24FN5OS/c1-3-23-19(25-13-20(2,27)16-6-9-28-12-16)24-11-15-4-5-18(17(21)10-15)26-8-7-22-14-26/h4-10,12,14,27H,3,11,13H2,1-2H3,(H2,23,24,25). The van der Waals surface area contributed by atoms with E-state index in [1.165, 1.54) is 6.07 Å². The molecule has 1 unspecified atom stereocenters. The summed E-state index contributed by atoms with van der Waals surface area (Å²) in [6, 6.07) is 6.93. The number of thiophene rings is 1. The average molecular weight is 402 g/mol. The quantitative estimate of drug-likeness (QED) is 0.420. The number of halogens is 1. The summed E-state index contributed by atoms with van der Waals surface area (Å²) in [6.45, 7) is 5.03. The Bertz CT molecular complexity index is 907. The normalized spacial score (nSPS) is 13.9. The molecule has 3 aromatic rings. The topological polar surface area (TPSA) is 74.5 Å². The van der Waals surface area contributed by atoms with E-state index in [2.05, 4.69) is 20.6 Å². The maximum atomic E-state index is 14.4. The molecular formula is C20H24FN5OS. The highest BCUT2D eigenvalue weighted by molar-refractivity contribution is 7.08. The van der Waals surface area contributed by atoms with Crippen molar-refractivity contribution >= 4 is 17.3 Å². The van der Waals surface area contributed by atoms with Crippen LogP contribution in [-0.4, -0.2) is 33.7 Å². The Hall–Kier alpha value is -2.71. The Morgan fingerprint density at radius 1 is 1.36 bits per heavy atom. The zero-order chi connectivity index (χ0) is 20.0. The lowest BCUT2D eigenvalue weighted by molar-refractivity contribution is 0.0621. The first-order chi connectivity index (χ1) is 13.5. The molecule has 0 aliphatic rings. The van der Waals surface area contributed by atoms with Gasteiger partial charge >= 0.3 is 0 Å². The third-order valence-corrected chi connectivity index (χ3v) is 4.98. The van der Waals surface area contributed by atoms with Gasteiger partial charge in [-0.15, -0.1) is 0 Å². The lowest BCUT2D eigenvalue weighted by Gasteiger charge is -2.24. The molecule has 0 aliphatic carbocycles. The van der Waals surface area contributed by atoms with Crippen LogP contribution in [0.1, 0.15) is 25.0 Å². The number of guanidine groups is 1. The first-order valence-electron chi connectivity index (χ1n) is 9.03. The highest BCUT2D eigenvalue weighted by Crippen LogP contribution is 2.22. The van der Waals surface area contributed by atoms with Gasteiger partial charge in [-0.2, -0.15) is 11.3 Å². The molecule has 2 aromatic heterocycles. The number of nitrogens with zero attached hydrogens (tertiary/aromatic N) is 3. The molecular weight excluding hydrogens is 377 g/mol. The molecule has 148 valence electrons. The minimum Gasteiger partial charge on any atom is -0.384 e. The molecule has 3 N–H and O–H groups in total. The Balaban J connectivity index is 1.66. The average Bonchev–Trinajstić information content (AvgIpc) is 3.38. The second-order valence-corrected chi connectivity index (χ2v) is 7.37. The second kappa shape index (κ2) is 8.99. The van der Waals surface area contributed by atoms with Crippen molar-refractivity contribution in [3.63, 3.8) is 0 Å². The van der Waals surface area contributed by atoms with Crippen molar-refractivity contribution in [1.82, 2.24) is 20.2 Å². The summed E-state index contributed by atoms with van der Waals surface area (Å²) < 4.78 is 16.0. The molecule has 0 fully saturated rings. The van der Waals surface area contributed by atoms with E-state index in [1.807, 2.05) is 29.8 Å². The van der Waals surface area contributed by atoms with Crippen molar-refractivity contribution in [2.24, 2.45) is 4.99 Å². The Kier molecular flexibility index (Phi) is 6.43. The van der Waals surface area contributed by atoms with E-state index in [1.54, 1.807) is 47.6 Å². The molecule has 6 nitrogen and oxygen atoms in total. The lowest BCUT2D eigenvalue weighted by Crippen LogP contribution is -2.44. The first kappa shape index (κ1) is 20.0. The van der Waals surface area contributed by atoms with Crippen molar-refractivity contribution in [2.75, 3.05) is 13.1 Å². The number of hydrogen-bond donors (Lipinski definition) is 3. The molecule has 0 radical (unpaired) electrons. The van der Waals surface area contributed by atoms with Gasteiger partial charge in [-0.05, 0) is 53.9 Å². The van der Waals surface area contributed by atoms with E-state index in [0.717, 1.165) is 11.1 Å². The first-order valence-corrected chi connectivity index (χ1v) is 9.98. The summed E-state index contributed by atoms with van der Waals surface area (Å²) >= 11 is 1.55. The zero-order valence-electron chi connectivity index (χ0n) is 15.9. The van der Waals surface area contributed by atoms with Crippen molar-refractivity contribution in [3.05, 3.63) is 70.7 Å². The van der Waals surface area contributed by atoms with Gasteiger partial charge in [0.05, 0.1) is 25.1 Å². The molecule has 0 saturated heterocycles. The van der Waals surface area contributed by atoms with Gasteiger partial charge in [-0.1, -0.05) is 6.07 Å². The van der Waals surface area contributed by atoms with Crippen molar-refractivity contribution in [1.29, 1.82) is 0 Å². The monoisotopic (exact) mass is 401 g/mol. The molecule has 8 heteroatoms. The Morgan fingerprint density at radius 2 is 2.21 bits per heavy atom. The van der Waals surface area contributed by atoms with Crippen LogP contribution < -0.4 is 10.6 Å². The number of aliphatic imine (C=N–C) groups is 1. The maximum Gasteiger partial charge on any atom is 0.191 e. The molecule has 1 atom stereocenters. The number of rotatable bonds is 7. The smallest absolute Gasteiger partial charge is 0.191 e. The van der Waals surface area contributed by atoms with Crippen LogP contribution in [0.2, 0.25) is 0 Å². The SMILES string of the molecule is CCNC(=NCc1ccc(-n2ccnc2)c(F)c1)NCC(C)(O)c1ccsc1. The van der Waals surface area contributed by atoms with Gasteiger partial charge in [-0.25, -0.2) is 14.4 Å². The van der Waals surface area contributed by atoms with E-state index < -0.39 is 5.60 Å². The van der Waals surface area contributed by atoms with E-state index >= 15 is 0 Å².